The third-order valence-electron chi connectivity index (χ3n) is 6.62. The van der Waals surface area contributed by atoms with Gasteiger partial charge < -0.3 is 5.11 Å². The van der Waals surface area contributed by atoms with Gasteiger partial charge in [-0.05, 0) is 18.3 Å². The third kappa shape index (κ3) is 0.700. The summed E-state index contributed by atoms with van der Waals surface area (Å²) in [7, 11) is 0. The Kier molecular flexibility index (Phi) is 1.38. The minimum absolute atomic E-state index is 0.000180. The summed E-state index contributed by atoms with van der Waals surface area (Å²) in [5.74, 6) is 0.150. The van der Waals surface area contributed by atoms with Crippen LogP contribution in [0.5, 0.6) is 0 Å². The van der Waals surface area contributed by atoms with Crippen LogP contribution in [0.15, 0.2) is 24.3 Å². The highest BCUT2D eigenvalue weighted by Gasteiger charge is 2.94. The molecule has 4 saturated carbocycles. The normalized spacial score (nSPS) is 52.1. The molecule has 6 atom stereocenters. The molecule has 5 aliphatic carbocycles. The first-order chi connectivity index (χ1) is 9.06. The van der Waals surface area contributed by atoms with Crippen LogP contribution in [0.4, 0.5) is 0 Å². The molecule has 19 heavy (non-hydrogen) atoms. The van der Waals surface area contributed by atoms with Crippen molar-refractivity contribution in [2.24, 2.45) is 28.6 Å². The number of carbonyl (C=O) groups excluding carboxylic acids is 2. The molecule has 0 amide bonds. The van der Waals surface area contributed by atoms with Gasteiger partial charge in [0, 0.05) is 22.5 Å². The predicted molar refractivity (Wildman–Crippen MR) is 66.7 cm³/mol. The standard InChI is InChI=1S/C16H14O3/c1-15-10-6-9(13(15)18)11-12(17)7-4-2-3-5-8(7)14(19)16(10,11)15/h2-5,9-11,13,18H,6H2,1H3/t9-,10-,11+,13-,15-,16+/m0/s1. The van der Waals surface area contributed by atoms with Gasteiger partial charge >= 0.3 is 0 Å². The van der Waals surface area contributed by atoms with Gasteiger partial charge in [-0.2, -0.15) is 0 Å². The topological polar surface area (TPSA) is 54.4 Å². The van der Waals surface area contributed by atoms with E-state index in [2.05, 4.69) is 0 Å². The first kappa shape index (κ1) is 10.3. The molecule has 96 valence electrons. The van der Waals surface area contributed by atoms with Crippen molar-refractivity contribution in [2.75, 3.05) is 0 Å². The molecule has 0 unspecified atom stereocenters. The Labute approximate surface area is 110 Å². The van der Waals surface area contributed by atoms with Gasteiger partial charge in [-0.1, -0.05) is 31.2 Å². The maximum absolute atomic E-state index is 12.9. The summed E-state index contributed by atoms with van der Waals surface area (Å²) in [6.45, 7) is 2.00. The zero-order chi connectivity index (χ0) is 13.2. The Bertz CT molecular complexity index is 678. The quantitative estimate of drug-likeness (QED) is 0.766. The van der Waals surface area contributed by atoms with Gasteiger partial charge in [0.2, 0.25) is 0 Å². The second kappa shape index (κ2) is 2.55. The Balaban J connectivity index is 1.84. The van der Waals surface area contributed by atoms with Crippen LogP contribution in [-0.4, -0.2) is 22.8 Å². The van der Waals surface area contributed by atoms with Gasteiger partial charge in [-0.25, -0.2) is 0 Å². The van der Waals surface area contributed by atoms with E-state index in [1.807, 2.05) is 19.1 Å². The van der Waals surface area contributed by atoms with Crippen LogP contribution < -0.4 is 0 Å². The number of carbonyl (C=O) groups is 2. The number of fused-ring (bicyclic) bond motifs is 1. The summed E-state index contributed by atoms with van der Waals surface area (Å²) in [6, 6.07) is 7.14. The van der Waals surface area contributed by atoms with Crippen molar-refractivity contribution in [3.05, 3.63) is 35.4 Å². The van der Waals surface area contributed by atoms with Crippen molar-refractivity contribution in [3.8, 4) is 0 Å². The lowest BCUT2D eigenvalue weighted by atomic mass is 9.71. The molecule has 0 aromatic heterocycles. The first-order valence-corrected chi connectivity index (χ1v) is 6.92. The number of ketones is 2. The molecule has 1 spiro atoms. The number of aliphatic hydroxyl groups is 1. The molecular weight excluding hydrogens is 240 g/mol. The molecule has 4 fully saturated rings. The number of aliphatic hydroxyl groups excluding tert-OH is 1. The number of hydrogen-bond acceptors (Lipinski definition) is 3. The maximum atomic E-state index is 12.9. The van der Waals surface area contributed by atoms with Gasteiger partial charge in [0.1, 0.15) is 0 Å². The lowest BCUT2D eigenvalue weighted by Gasteiger charge is -2.28. The van der Waals surface area contributed by atoms with E-state index in [0.717, 1.165) is 6.42 Å². The number of benzene rings is 1. The van der Waals surface area contributed by atoms with Crippen molar-refractivity contribution < 1.29 is 14.7 Å². The SMILES string of the molecule is C[C@@]12[C@@H](O)[C@H]3C[C@@H]1[C@@]21C(=O)c2ccccc2C(=O)[C@@H]31. The van der Waals surface area contributed by atoms with Crippen LogP contribution in [-0.2, 0) is 0 Å². The first-order valence-electron chi connectivity index (χ1n) is 6.92. The van der Waals surface area contributed by atoms with E-state index in [1.54, 1.807) is 12.1 Å². The Morgan fingerprint density at radius 1 is 1.21 bits per heavy atom. The lowest BCUT2D eigenvalue weighted by Crippen LogP contribution is -2.38. The van der Waals surface area contributed by atoms with Crippen molar-refractivity contribution in [2.45, 2.75) is 19.4 Å². The van der Waals surface area contributed by atoms with Crippen molar-refractivity contribution in [3.63, 3.8) is 0 Å². The highest BCUT2D eigenvalue weighted by molar-refractivity contribution is 6.20. The van der Waals surface area contributed by atoms with Gasteiger partial charge in [0.25, 0.3) is 0 Å². The minimum Gasteiger partial charge on any atom is -0.392 e. The largest absolute Gasteiger partial charge is 0.392 e. The van der Waals surface area contributed by atoms with E-state index in [1.165, 1.54) is 0 Å². The van der Waals surface area contributed by atoms with E-state index < -0.39 is 11.5 Å². The zero-order valence-corrected chi connectivity index (χ0v) is 10.6. The van der Waals surface area contributed by atoms with Crippen LogP contribution in [0.2, 0.25) is 0 Å². The molecule has 4 bridgehead atoms. The van der Waals surface area contributed by atoms with Crippen LogP contribution >= 0.6 is 0 Å². The summed E-state index contributed by atoms with van der Waals surface area (Å²) < 4.78 is 0. The molecule has 1 N–H and O–H groups in total. The van der Waals surface area contributed by atoms with Crippen LogP contribution in [0.25, 0.3) is 0 Å². The Morgan fingerprint density at radius 3 is 2.53 bits per heavy atom. The van der Waals surface area contributed by atoms with Crippen molar-refractivity contribution in [1.82, 2.24) is 0 Å². The number of hydrogen-bond donors (Lipinski definition) is 1. The Morgan fingerprint density at radius 2 is 1.89 bits per heavy atom. The molecule has 5 aliphatic rings. The zero-order valence-electron chi connectivity index (χ0n) is 10.6. The fourth-order valence-corrected chi connectivity index (χ4v) is 5.93. The number of Topliss-reactive ketones (excluding diaryl/α,β-unsaturated/α-hetero) is 2. The smallest absolute Gasteiger partial charge is 0.171 e. The molecule has 3 heteroatoms. The molecular formula is C16H14O3. The lowest BCUT2D eigenvalue weighted by molar-refractivity contribution is 0.0692. The van der Waals surface area contributed by atoms with E-state index >= 15 is 0 Å². The van der Waals surface area contributed by atoms with Gasteiger partial charge in [-0.3, -0.25) is 9.59 Å². The van der Waals surface area contributed by atoms with Gasteiger partial charge in [0.15, 0.2) is 11.6 Å². The fraction of sp³-hybridized carbons (Fsp3) is 0.500. The average molecular weight is 254 g/mol. The second-order valence-corrected chi connectivity index (χ2v) is 6.77. The van der Waals surface area contributed by atoms with E-state index in [0.29, 0.717) is 11.1 Å². The van der Waals surface area contributed by atoms with E-state index in [9.17, 15) is 14.7 Å². The van der Waals surface area contributed by atoms with Crippen LogP contribution in [0.3, 0.4) is 0 Å². The summed E-state index contributed by atoms with van der Waals surface area (Å²) >= 11 is 0. The minimum atomic E-state index is -0.567. The van der Waals surface area contributed by atoms with Gasteiger partial charge in [-0.15, -0.1) is 0 Å². The van der Waals surface area contributed by atoms with Crippen LogP contribution in [0, 0.1) is 28.6 Å². The molecule has 0 saturated heterocycles. The highest BCUT2D eigenvalue weighted by atomic mass is 16.3. The molecule has 3 nitrogen and oxygen atoms in total. The molecule has 6 rings (SSSR count). The van der Waals surface area contributed by atoms with Crippen LogP contribution in [0.1, 0.15) is 34.1 Å². The molecule has 0 radical (unpaired) electrons. The van der Waals surface area contributed by atoms with E-state index in [4.69, 9.17) is 0 Å². The molecule has 0 aliphatic heterocycles. The van der Waals surface area contributed by atoms with Crippen molar-refractivity contribution >= 4 is 11.6 Å². The Hall–Kier alpha value is -1.48. The molecule has 1 aromatic rings. The fourth-order valence-electron chi connectivity index (χ4n) is 5.93. The summed E-state index contributed by atoms with van der Waals surface area (Å²) in [6.07, 6.45) is 0.359. The average Bonchev–Trinajstić information content (AvgIpc) is 2.71. The third-order valence-corrected chi connectivity index (χ3v) is 6.62. The van der Waals surface area contributed by atoms with Gasteiger partial charge in [0.05, 0.1) is 11.5 Å². The molecule has 1 aromatic carbocycles. The maximum Gasteiger partial charge on any atom is 0.171 e. The molecule has 0 heterocycles. The van der Waals surface area contributed by atoms with Crippen molar-refractivity contribution in [1.29, 1.82) is 0 Å². The summed E-state index contributed by atoms with van der Waals surface area (Å²) in [5, 5.41) is 10.4. The highest BCUT2D eigenvalue weighted by Crippen LogP contribution is 2.90. The second-order valence-electron chi connectivity index (χ2n) is 6.77. The number of rotatable bonds is 0. The van der Waals surface area contributed by atoms with E-state index in [-0.39, 0.29) is 34.7 Å². The summed E-state index contributed by atoms with van der Waals surface area (Å²) in [4.78, 5) is 25.7. The summed E-state index contributed by atoms with van der Waals surface area (Å²) in [5.41, 5.74) is 0.231. The predicted octanol–water partition coefficient (Wildman–Crippen LogP) is 1.70. The monoisotopic (exact) mass is 254 g/mol.